The van der Waals surface area contributed by atoms with E-state index < -0.39 is 23.1 Å². The highest BCUT2D eigenvalue weighted by molar-refractivity contribution is 7.99. The van der Waals surface area contributed by atoms with Gasteiger partial charge in [-0.3, -0.25) is 4.79 Å². The molecule has 0 fully saturated rings. The molecule has 1 unspecified atom stereocenters. The monoisotopic (exact) mass is 289 g/mol. The first-order valence-corrected chi connectivity index (χ1v) is 6.83. The number of hydrogen-bond acceptors (Lipinski definition) is 4. The third-order valence-electron chi connectivity index (χ3n) is 2.61. The molecular weight excluding hydrogens is 272 g/mol. The molecule has 0 saturated carbocycles. The molecule has 1 atom stereocenters. The van der Waals surface area contributed by atoms with Crippen molar-refractivity contribution in [2.75, 3.05) is 19.4 Å². The maximum atomic E-state index is 13.5. The fourth-order valence-corrected chi connectivity index (χ4v) is 2.64. The molecule has 0 aliphatic rings. The van der Waals surface area contributed by atoms with Crippen molar-refractivity contribution in [2.45, 2.75) is 24.3 Å². The number of halogens is 2. The third kappa shape index (κ3) is 4.18. The van der Waals surface area contributed by atoms with E-state index in [4.69, 9.17) is 4.74 Å². The summed E-state index contributed by atoms with van der Waals surface area (Å²) in [6.45, 7) is 4.14. The predicted molar refractivity (Wildman–Crippen MR) is 71.2 cm³/mol. The molecule has 1 aromatic rings. The molecule has 3 nitrogen and oxygen atoms in total. The quantitative estimate of drug-likeness (QED) is 0.645. The Morgan fingerprint density at radius 2 is 2.16 bits per heavy atom. The summed E-state index contributed by atoms with van der Waals surface area (Å²) < 4.78 is 31.0. The smallest absolute Gasteiger partial charge is 0.326 e. The van der Waals surface area contributed by atoms with Crippen LogP contribution in [0.2, 0.25) is 0 Å². The number of likely N-dealkylation sites (N-methyl/N-ethyl adjacent to an activating group) is 1. The van der Waals surface area contributed by atoms with Crippen molar-refractivity contribution < 1.29 is 18.3 Å². The lowest BCUT2D eigenvalue weighted by Crippen LogP contribution is -2.52. The van der Waals surface area contributed by atoms with E-state index in [1.807, 2.05) is 6.92 Å². The second-order valence-electron chi connectivity index (χ2n) is 4.22. The van der Waals surface area contributed by atoms with Gasteiger partial charge in [-0.05, 0) is 25.6 Å². The van der Waals surface area contributed by atoms with Crippen LogP contribution in [-0.2, 0) is 9.53 Å². The zero-order chi connectivity index (χ0) is 14.5. The van der Waals surface area contributed by atoms with Crippen molar-refractivity contribution in [2.24, 2.45) is 0 Å². The summed E-state index contributed by atoms with van der Waals surface area (Å²) in [6, 6.07) is 3.37. The molecule has 1 rings (SSSR count). The largest absolute Gasteiger partial charge is 0.468 e. The SMILES string of the molecule is CCNC(C)(CSc1ccc(F)cc1F)C(=O)OC. The molecular formula is C13H17F2NO2S. The average Bonchev–Trinajstić information content (AvgIpc) is 2.37. The minimum absolute atomic E-state index is 0.288. The van der Waals surface area contributed by atoms with Crippen LogP contribution in [0.3, 0.4) is 0 Å². The van der Waals surface area contributed by atoms with Gasteiger partial charge in [0.25, 0.3) is 0 Å². The number of methoxy groups -OCH3 is 1. The normalized spacial score (nSPS) is 13.9. The van der Waals surface area contributed by atoms with Crippen LogP contribution in [-0.4, -0.2) is 30.9 Å². The highest BCUT2D eigenvalue weighted by Gasteiger charge is 2.33. The van der Waals surface area contributed by atoms with Crippen molar-refractivity contribution in [3.05, 3.63) is 29.8 Å². The maximum absolute atomic E-state index is 13.5. The molecule has 19 heavy (non-hydrogen) atoms. The fourth-order valence-electron chi connectivity index (χ4n) is 1.61. The first-order valence-electron chi connectivity index (χ1n) is 5.84. The van der Waals surface area contributed by atoms with Crippen molar-refractivity contribution in [3.8, 4) is 0 Å². The second kappa shape index (κ2) is 6.86. The zero-order valence-electron chi connectivity index (χ0n) is 11.1. The number of benzene rings is 1. The van der Waals surface area contributed by atoms with Gasteiger partial charge in [-0.25, -0.2) is 8.78 Å². The van der Waals surface area contributed by atoms with Crippen LogP contribution >= 0.6 is 11.8 Å². The molecule has 0 radical (unpaired) electrons. The molecule has 0 spiro atoms. The topological polar surface area (TPSA) is 38.3 Å². The molecule has 106 valence electrons. The minimum atomic E-state index is -0.908. The molecule has 1 N–H and O–H groups in total. The summed E-state index contributed by atoms with van der Waals surface area (Å²) in [4.78, 5) is 12.0. The Morgan fingerprint density at radius 3 is 2.68 bits per heavy atom. The number of esters is 1. The zero-order valence-corrected chi connectivity index (χ0v) is 11.9. The van der Waals surface area contributed by atoms with Crippen molar-refractivity contribution >= 4 is 17.7 Å². The van der Waals surface area contributed by atoms with Gasteiger partial charge in [0.2, 0.25) is 0 Å². The summed E-state index contributed by atoms with van der Waals surface area (Å²) in [6.07, 6.45) is 0. The average molecular weight is 289 g/mol. The highest BCUT2D eigenvalue weighted by Crippen LogP contribution is 2.26. The van der Waals surface area contributed by atoms with Gasteiger partial charge in [-0.1, -0.05) is 6.92 Å². The summed E-state index contributed by atoms with van der Waals surface area (Å²) in [7, 11) is 1.31. The Morgan fingerprint density at radius 1 is 1.47 bits per heavy atom. The van der Waals surface area contributed by atoms with E-state index in [1.54, 1.807) is 6.92 Å². The predicted octanol–water partition coefficient (Wildman–Crippen LogP) is 2.60. The summed E-state index contributed by atoms with van der Waals surface area (Å²) in [5, 5.41) is 3.02. The number of carbonyl (C=O) groups excluding carboxylic acids is 1. The summed E-state index contributed by atoms with van der Waals surface area (Å²) in [5.74, 6) is -1.38. The molecule has 0 heterocycles. The number of ether oxygens (including phenoxy) is 1. The lowest BCUT2D eigenvalue weighted by atomic mass is 10.1. The molecule has 0 amide bonds. The van der Waals surface area contributed by atoms with Crippen LogP contribution in [0, 0.1) is 11.6 Å². The Kier molecular flexibility index (Phi) is 5.75. The lowest BCUT2D eigenvalue weighted by molar-refractivity contribution is -0.146. The fraction of sp³-hybridized carbons (Fsp3) is 0.462. The van der Waals surface area contributed by atoms with Gasteiger partial charge in [0, 0.05) is 16.7 Å². The number of carbonyl (C=O) groups is 1. The Labute approximate surface area is 115 Å². The van der Waals surface area contributed by atoms with E-state index in [0.717, 1.165) is 17.8 Å². The standard InChI is InChI=1S/C13H17F2NO2S/c1-4-16-13(2,12(17)18-3)8-19-11-6-5-9(14)7-10(11)15/h5-7,16H,4,8H2,1-3H3. The van der Waals surface area contributed by atoms with Crippen molar-refractivity contribution in [3.63, 3.8) is 0 Å². The number of thioether (sulfide) groups is 1. The van der Waals surface area contributed by atoms with Crippen LogP contribution < -0.4 is 5.32 Å². The Balaban J connectivity index is 2.79. The van der Waals surface area contributed by atoms with Gasteiger partial charge in [0.05, 0.1) is 7.11 Å². The van der Waals surface area contributed by atoms with Crippen molar-refractivity contribution in [1.29, 1.82) is 0 Å². The molecule has 0 aliphatic carbocycles. The number of nitrogens with one attached hydrogen (secondary N) is 1. The third-order valence-corrected chi connectivity index (χ3v) is 3.98. The molecule has 0 aliphatic heterocycles. The van der Waals surface area contributed by atoms with E-state index in [1.165, 1.54) is 19.2 Å². The molecule has 0 aromatic heterocycles. The van der Waals surface area contributed by atoms with E-state index >= 15 is 0 Å². The van der Waals surface area contributed by atoms with Gasteiger partial charge in [-0.2, -0.15) is 0 Å². The van der Waals surface area contributed by atoms with E-state index in [0.29, 0.717) is 11.4 Å². The first kappa shape index (κ1) is 15.9. The van der Waals surface area contributed by atoms with Crippen molar-refractivity contribution in [1.82, 2.24) is 5.32 Å². The highest BCUT2D eigenvalue weighted by atomic mass is 32.2. The minimum Gasteiger partial charge on any atom is -0.468 e. The summed E-state index contributed by atoms with van der Waals surface area (Å²) in [5.41, 5.74) is -0.908. The van der Waals surface area contributed by atoms with Gasteiger partial charge < -0.3 is 10.1 Å². The lowest BCUT2D eigenvalue weighted by Gasteiger charge is -2.27. The first-order chi connectivity index (χ1) is 8.92. The Hall–Kier alpha value is -1.14. The van der Waals surface area contributed by atoms with Crippen LogP contribution in [0.1, 0.15) is 13.8 Å². The molecule has 1 aromatic carbocycles. The molecule has 0 bridgehead atoms. The molecule has 6 heteroatoms. The van der Waals surface area contributed by atoms with Crippen LogP contribution in [0.25, 0.3) is 0 Å². The van der Waals surface area contributed by atoms with E-state index in [9.17, 15) is 13.6 Å². The van der Waals surface area contributed by atoms with Crippen LogP contribution in [0.5, 0.6) is 0 Å². The molecule has 0 saturated heterocycles. The second-order valence-corrected chi connectivity index (χ2v) is 5.23. The number of hydrogen-bond donors (Lipinski definition) is 1. The van der Waals surface area contributed by atoms with Gasteiger partial charge in [0.1, 0.15) is 17.2 Å². The van der Waals surface area contributed by atoms with Crippen LogP contribution in [0.4, 0.5) is 8.78 Å². The van der Waals surface area contributed by atoms with E-state index in [2.05, 4.69) is 5.32 Å². The Bertz CT molecular complexity index is 456. The van der Waals surface area contributed by atoms with Crippen LogP contribution in [0.15, 0.2) is 23.1 Å². The van der Waals surface area contributed by atoms with Gasteiger partial charge in [0.15, 0.2) is 0 Å². The van der Waals surface area contributed by atoms with E-state index in [-0.39, 0.29) is 5.75 Å². The maximum Gasteiger partial charge on any atom is 0.326 e. The van der Waals surface area contributed by atoms with Gasteiger partial charge in [-0.15, -0.1) is 11.8 Å². The van der Waals surface area contributed by atoms with Gasteiger partial charge >= 0.3 is 5.97 Å². The number of rotatable bonds is 6. The summed E-state index contributed by atoms with van der Waals surface area (Å²) >= 11 is 1.14.